The predicted octanol–water partition coefficient (Wildman–Crippen LogP) is 2.41. The van der Waals surface area contributed by atoms with Crippen LogP contribution < -0.4 is 20.3 Å². The normalized spacial score (nSPS) is 22.2. The first-order valence-corrected chi connectivity index (χ1v) is 10.7. The first kappa shape index (κ1) is 21.7. The zero-order valence-electron chi connectivity index (χ0n) is 18.1. The largest absolute Gasteiger partial charge is 0.497 e. The summed E-state index contributed by atoms with van der Waals surface area (Å²) >= 11 is 0. The molecule has 1 aromatic carbocycles. The molecule has 7 nitrogen and oxygen atoms in total. The van der Waals surface area contributed by atoms with Gasteiger partial charge in [-0.15, -0.1) is 0 Å². The van der Waals surface area contributed by atoms with Gasteiger partial charge in [0.05, 0.1) is 19.3 Å². The van der Waals surface area contributed by atoms with Crippen LogP contribution in [0.15, 0.2) is 29.3 Å². The fourth-order valence-corrected chi connectivity index (χ4v) is 4.04. The van der Waals surface area contributed by atoms with Crippen molar-refractivity contribution in [3.05, 3.63) is 24.3 Å². The average molecular weight is 405 g/mol. The molecule has 1 unspecified atom stereocenters. The Morgan fingerprint density at radius 1 is 1.31 bits per heavy atom. The van der Waals surface area contributed by atoms with E-state index in [4.69, 9.17) is 19.2 Å². The molecular weight excluding hydrogens is 368 g/mol. The zero-order chi connectivity index (χ0) is 20.5. The topological polar surface area (TPSA) is 67.4 Å². The van der Waals surface area contributed by atoms with E-state index in [-0.39, 0.29) is 5.60 Å². The molecule has 0 bridgehead atoms. The van der Waals surface area contributed by atoms with Crippen molar-refractivity contribution >= 4 is 11.6 Å². The lowest BCUT2D eigenvalue weighted by Gasteiger charge is -2.36. The van der Waals surface area contributed by atoms with Crippen molar-refractivity contribution < 1.29 is 14.2 Å². The molecule has 2 N–H and O–H groups in total. The molecular formula is C22H36N4O3. The second kappa shape index (κ2) is 10.7. The third-order valence-electron chi connectivity index (χ3n) is 5.89. The van der Waals surface area contributed by atoms with E-state index in [2.05, 4.69) is 40.7 Å². The summed E-state index contributed by atoms with van der Waals surface area (Å²) in [6.07, 6.45) is 4.06. The molecule has 0 aromatic heterocycles. The first-order valence-electron chi connectivity index (χ1n) is 10.7. The third kappa shape index (κ3) is 6.00. The minimum Gasteiger partial charge on any atom is -0.497 e. The summed E-state index contributed by atoms with van der Waals surface area (Å²) in [4.78, 5) is 7.29. The quantitative estimate of drug-likeness (QED) is 0.537. The number of methoxy groups -OCH3 is 2. The standard InChI is InChI=1S/C22H36N4O3/c1-4-23-21(24-17-22(28-3)10-13-29-14-11-22)25-18-7-6-12-26(16-18)19-8-5-9-20(15-19)27-2/h5,8-9,15,18H,4,6-7,10-14,16-17H2,1-3H3,(H2,23,24,25). The lowest BCUT2D eigenvalue weighted by molar-refractivity contribution is -0.0828. The predicted molar refractivity (Wildman–Crippen MR) is 117 cm³/mol. The number of guanidine groups is 1. The Balaban J connectivity index is 1.63. The van der Waals surface area contributed by atoms with E-state index in [9.17, 15) is 0 Å². The molecule has 162 valence electrons. The van der Waals surface area contributed by atoms with Gasteiger partial charge < -0.3 is 29.7 Å². The van der Waals surface area contributed by atoms with Gasteiger partial charge in [0.2, 0.25) is 0 Å². The van der Waals surface area contributed by atoms with E-state index >= 15 is 0 Å². The lowest BCUT2D eigenvalue weighted by atomic mass is 9.94. The SMILES string of the molecule is CCNC(=NCC1(OC)CCOCC1)NC1CCCN(c2cccc(OC)c2)C1. The second-order valence-electron chi connectivity index (χ2n) is 7.83. The van der Waals surface area contributed by atoms with Crippen LogP contribution in [0.3, 0.4) is 0 Å². The highest BCUT2D eigenvalue weighted by molar-refractivity contribution is 5.80. The summed E-state index contributed by atoms with van der Waals surface area (Å²) in [7, 11) is 3.50. The molecule has 2 saturated heterocycles. The van der Waals surface area contributed by atoms with Gasteiger partial charge in [0.15, 0.2) is 5.96 Å². The van der Waals surface area contributed by atoms with Crippen molar-refractivity contribution in [2.75, 3.05) is 58.5 Å². The molecule has 0 spiro atoms. The van der Waals surface area contributed by atoms with E-state index in [1.807, 2.05) is 6.07 Å². The maximum atomic E-state index is 5.83. The zero-order valence-corrected chi connectivity index (χ0v) is 18.1. The van der Waals surface area contributed by atoms with E-state index in [1.165, 1.54) is 5.69 Å². The molecule has 0 aliphatic carbocycles. The number of benzene rings is 1. The van der Waals surface area contributed by atoms with Gasteiger partial charge in [0.25, 0.3) is 0 Å². The minimum absolute atomic E-state index is 0.209. The van der Waals surface area contributed by atoms with Crippen molar-refractivity contribution in [1.29, 1.82) is 0 Å². The van der Waals surface area contributed by atoms with E-state index in [0.29, 0.717) is 12.6 Å². The summed E-state index contributed by atoms with van der Waals surface area (Å²) in [5.74, 6) is 1.77. The molecule has 7 heteroatoms. The Morgan fingerprint density at radius 3 is 2.86 bits per heavy atom. The smallest absolute Gasteiger partial charge is 0.191 e. The highest BCUT2D eigenvalue weighted by Gasteiger charge is 2.32. The van der Waals surface area contributed by atoms with Gasteiger partial charge in [-0.1, -0.05) is 6.07 Å². The Hall–Kier alpha value is -1.99. The number of hydrogen-bond donors (Lipinski definition) is 2. The van der Waals surface area contributed by atoms with Crippen LogP contribution in [0.4, 0.5) is 5.69 Å². The highest BCUT2D eigenvalue weighted by Crippen LogP contribution is 2.25. The Bertz CT molecular complexity index is 661. The molecule has 0 amide bonds. The van der Waals surface area contributed by atoms with Crippen LogP contribution in [-0.4, -0.2) is 71.2 Å². The minimum atomic E-state index is -0.209. The van der Waals surface area contributed by atoms with Crippen molar-refractivity contribution in [2.45, 2.75) is 44.2 Å². The van der Waals surface area contributed by atoms with Crippen LogP contribution in [0.25, 0.3) is 0 Å². The lowest BCUT2D eigenvalue weighted by Crippen LogP contribution is -2.52. The summed E-state index contributed by atoms with van der Waals surface area (Å²) in [6, 6.07) is 8.64. The van der Waals surface area contributed by atoms with Crippen LogP contribution >= 0.6 is 0 Å². The maximum absolute atomic E-state index is 5.83. The summed E-state index contributed by atoms with van der Waals surface area (Å²) in [5.41, 5.74) is 0.998. The monoisotopic (exact) mass is 404 g/mol. The molecule has 29 heavy (non-hydrogen) atoms. The fourth-order valence-electron chi connectivity index (χ4n) is 4.04. The van der Waals surface area contributed by atoms with E-state index in [1.54, 1.807) is 14.2 Å². The van der Waals surface area contributed by atoms with Gasteiger partial charge in [-0.2, -0.15) is 0 Å². The molecule has 0 radical (unpaired) electrons. The fraction of sp³-hybridized carbons (Fsp3) is 0.682. The molecule has 2 aliphatic rings. The van der Waals surface area contributed by atoms with Gasteiger partial charge in [-0.3, -0.25) is 4.99 Å². The van der Waals surface area contributed by atoms with Gasteiger partial charge in [-0.25, -0.2) is 0 Å². The first-order chi connectivity index (χ1) is 14.2. The van der Waals surface area contributed by atoms with E-state index < -0.39 is 0 Å². The average Bonchev–Trinajstić information content (AvgIpc) is 2.78. The van der Waals surface area contributed by atoms with Crippen molar-refractivity contribution in [1.82, 2.24) is 10.6 Å². The van der Waals surface area contributed by atoms with Gasteiger partial charge in [0.1, 0.15) is 5.75 Å². The summed E-state index contributed by atoms with van der Waals surface area (Å²) in [6.45, 7) is 7.07. The van der Waals surface area contributed by atoms with Crippen LogP contribution in [0.5, 0.6) is 5.75 Å². The number of piperidine rings is 1. The maximum Gasteiger partial charge on any atom is 0.191 e. The third-order valence-corrected chi connectivity index (χ3v) is 5.89. The van der Waals surface area contributed by atoms with Gasteiger partial charge in [-0.05, 0) is 31.9 Å². The Labute approximate surface area is 174 Å². The van der Waals surface area contributed by atoms with Crippen LogP contribution in [0.2, 0.25) is 0 Å². The number of ether oxygens (including phenoxy) is 3. The summed E-state index contributed by atoms with van der Waals surface area (Å²) in [5, 5.41) is 7.04. The summed E-state index contributed by atoms with van der Waals surface area (Å²) < 4.78 is 16.7. The number of anilines is 1. The van der Waals surface area contributed by atoms with Crippen LogP contribution in [0.1, 0.15) is 32.6 Å². The van der Waals surface area contributed by atoms with Crippen molar-refractivity contribution in [2.24, 2.45) is 4.99 Å². The van der Waals surface area contributed by atoms with Gasteiger partial charge >= 0.3 is 0 Å². The number of nitrogens with one attached hydrogen (secondary N) is 2. The number of aliphatic imine (C=N–C) groups is 1. The number of hydrogen-bond acceptors (Lipinski definition) is 5. The van der Waals surface area contributed by atoms with E-state index in [0.717, 1.165) is 70.2 Å². The number of nitrogens with zero attached hydrogens (tertiary/aromatic N) is 2. The molecule has 0 saturated carbocycles. The van der Waals surface area contributed by atoms with Crippen molar-refractivity contribution in [3.8, 4) is 5.75 Å². The molecule has 2 fully saturated rings. The second-order valence-corrected chi connectivity index (χ2v) is 7.83. The molecule has 1 atom stereocenters. The number of rotatable bonds is 7. The molecule has 1 aromatic rings. The van der Waals surface area contributed by atoms with Gasteiger partial charge in [0, 0.05) is 70.6 Å². The Kier molecular flexibility index (Phi) is 8.00. The molecule has 3 rings (SSSR count). The van der Waals surface area contributed by atoms with Crippen LogP contribution in [0, 0.1) is 0 Å². The van der Waals surface area contributed by atoms with Crippen molar-refractivity contribution in [3.63, 3.8) is 0 Å². The molecule has 2 aliphatic heterocycles. The van der Waals surface area contributed by atoms with Crippen LogP contribution in [-0.2, 0) is 9.47 Å². The molecule has 2 heterocycles. The highest BCUT2D eigenvalue weighted by atomic mass is 16.5. The Morgan fingerprint density at radius 2 is 2.14 bits per heavy atom.